The van der Waals surface area contributed by atoms with Gasteiger partial charge in [0, 0.05) is 0 Å². The second-order valence-corrected chi connectivity index (χ2v) is 7.15. The third kappa shape index (κ3) is 4.12. The van der Waals surface area contributed by atoms with Gasteiger partial charge in [-0.1, -0.05) is 48.6 Å². The van der Waals surface area contributed by atoms with E-state index in [0.717, 1.165) is 27.5 Å². The van der Waals surface area contributed by atoms with E-state index >= 15 is 0 Å². The van der Waals surface area contributed by atoms with Gasteiger partial charge in [0.2, 0.25) is 10.0 Å². The molecule has 0 radical (unpaired) electrons. The number of primary sulfonamides is 1. The van der Waals surface area contributed by atoms with E-state index in [1.807, 2.05) is 42.5 Å². The van der Waals surface area contributed by atoms with E-state index in [0.29, 0.717) is 0 Å². The Morgan fingerprint density at radius 1 is 0.760 bits per heavy atom. The second-order valence-electron chi connectivity index (χ2n) is 5.59. The molecule has 25 heavy (non-hydrogen) atoms. The first kappa shape index (κ1) is 16.9. The molecule has 0 aromatic heterocycles. The summed E-state index contributed by atoms with van der Waals surface area (Å²) in [6.45, 7) is 0. The maximum atomic E-state index is 11.3. The zero-order valence-electron chi connectivity index (χ0n) is 13.3. The summed E-state index contributed by atoms with van der Waals surface area (Å²) >= 11 is 0. The summed E-state index contributed by atoms with van der Waals surface area (Å²) in [6, 6.07) is 18.5. The van der Waals surface area contributed by atoms with Crippen molar-refractivity contribution in [3.05, 3.63) is 77.4 Å². The van der Waals surface area contributed by atoms with Crippen molar-refractivity contribution in [1.29, 1.82) is 0 Å². The van der Waals surface area contributed by atoms with Crippen LogP contribution in [0.5, 0.6) is 0 Å². The zero-order chi connectivity index (χ0) is 17.9. The lowest BCUT2D eigenvalue weighted by Gasteiger charge is -2.02. The summed E-state index contributed by atoms with van der Waals surface area (Å²) in [4.78, 5) is 0.104. The van der Waals surface area contributed by atoms with Gasteiger partial charge in [-0.3, -0.25) is 0 Å². The van der Waals surface area contributed by atoms with Crippen LogP contribution in [0.4, 0.5) is 0 Å². The maximum absolute atomic E-state index is 11.3. The van der Waals surface area contributed by atoms with Crippen LogP contribution in [0.15, 0.2) is 70.7 Å². The van der Waals surface area contributed by atoms with E-state index in [1.54, 1.807) is 18.3 Å². The molecule has 0 aliphatic heterocycles. The molecule has 0 spiro atoms. The molecule has 0 fully saturated rings. The van der Waals surface area contributed by atoms with Gasteiger partial charge in [-0.05, 0) is 51.7 Å². The molecule has 5 nitrogen and oxygen atoms in total. The predicted octanol–water partition coefficient (Wildman–Crippen LogP) is 2.95. The van der Waals surface area contributed by atoms with Gasteiger partial charge < -0.3 is 5.84 Å². The summed E-state index contributed by atoms with van der Waals surface area (Å²) in [5.41, 5.74) is 2.89. The molecule has 0 aliphatic carbocycles. The number of rotatable bonds is 4. The smallest absolute Gasteiger partial charge is 0.238 e. The van der Waals surface area contributed by atoms with Crippen LogP contribution >= 0.6 is 0 Å². The second kappa shape index (κ2) is 6.88. The van der Waals surface area contributed by atoms with Gasteiger partial charge in [0.25, 0.3) is 0 Å². The fourth-order valence-corrected chi connectivity index (χ4v) is 3.03. The minimum atomic E-state index is -3.66. The first-order valence-corrected chi connectivity index (χ1v) is 9.08. The van der Waals surface area contributed by atoms with Crippen LogP contribution in [-0.2, 0) is 10.0 Å². The van der Waals surface area contributed by atoms with Crippen LogP contribution in [0.1, 0.15) is 16.7 Å². The first-order chi connectivity index (χ1) is 12.0. The van der Waals surface area contributed by atoms with Crippen molar-refractivity contribution in [2.45, 2.75) is 4.90 Å². The topological polar surface area (TPSA) is 98.5 Å². The van der Waals surface area contributed by atoms with Crippen LogP contribution in [0.2, 0.25) is 0 Å². The highest BCUT2D eigenvalue weighted by atomic mass is 32.2. The van der Waals surface area contributed by atoms with Crippen LogP contribution in [0, 0.1) is 0 Å². The monoisotopic (exact) mass is 351 g/mol. The molecule has 3 aromatic rings. The first-order valence-electron chi connectivity index (χ1n) is 7.54. The minimum absolute atomic E-state index is 0.104. The van der Waals surface area contributed by atoms with E-state index in [2.05, 4.69) is 11.2 Å². The quantitative estimate of drug-likeness (QED) is 0.327. The van der Waals surface area contributed by atoms with Gasteiger partial charge in [-0.25, -0.2) is 13.6 Å². The zero-order valence-corrected chi connectivity index (χ0v) is 14.1. The summed E-state index contributed by atoms with van der Waals surface area (Å²) in [6.07, 6.45) is 5.50. The average molecular weight is 351 g/mol. The number of benzene rings is 3. The highest BCUT2D eigenvalue weighted by molar-refractivity contribution is 7.89. The van der Waals surface area contributed by atoms with Crippen molar-refractivity contribution in [3.8, 4) is 0 Å². The van der Waals surface area contributed by atoms with Gasteiger partial charge in [0.05, 0.1) is 11.1 Å². The molecule has 4 N–H and O–H groups in total. The Balaban J connectivity index is 1.84. The summed E-state index contributed by atoms with van der Waals surface area (Å²) in [7, 11) is -3.66. The number of sulfonamides is 1. The van der Waals surface area contributed by atoms with Crippen LogP contribution in [-0.4, -0.2) is 14.6 Å². The van der Waals surface area contributed by atoms with E-state index in [4.69, 9.17) is 11.0 Å². The molecule has 0 atom stereocenters. The third-order valence-electron chi connectivity index (χ3n) is 3.79. The summed E-state index contributed by atoms with van der Waals surface area (Å²) < 4.78 is 22.5. The van der Waals surface area contributed by atoms with E-state index in [9.17, 15) is 8.42 Å². The molecule has 0 aliphatic rings. The van der Waals surface area contributed by atoms with Gasteiger partial charge >= 0.3 is 0 Å². The minimum Gasteiger partial charge on any atom is -0.323 e. The van der Waals surface area contributed by atoms with Crippen LogP contribution in [0.25, 0.3) is 22.9 Å². The van der Waals surface area contributed by atoms with Crippen molar-refractivity contribution in [2.24, 2.45) is 16.1 Å². The Morgan fingerprint density at radius 2 is 1.28 bits per heavy atom. The Kier molecular flexibility index (Phi) is 4.65. The molecule has 0 bridgehead atoms. The van der Waals surface area contributed by atoms with Gasteiger partial charge in [0.1, 0.15) is 0 Å². The molecule has 0 saturated carbocycles. The van der Waals surface area contributed by atoms with Crippen molar-refractivity contribution < 1.29 is 8.42 Å². The van der Waals surface area contributed by atoms with Crippen LogP contribution < -0.4 is 11.0 Å². The predicted molar refractivity (Wildman–Crippen MR) is 102 cm³/mol. The average Bonchev–Trinajstić information content (AvgIpc) is 2.60. The summed E-state index contributed by atoms with van der Waals surface area (Å²) in [5.74, 6) is 5.18. The Hall–Kier alpha value is -2.96. The van der Waals surface area contributed by atoms with Gasteiger partial charge in [-0.2, -0.15) is 5.10 Å². The highest BCUT2D eigenvalue weighted by Crippen LogP contribution is 2.19. The fraction of sp³-hybridized carbons (Fsp3) is 0. The number of hydrogen-bond acceptors (Lipinski definition) is 4. The normalized spacial score (nSPS) is 12.4. The van der Waals surface area contributed by atoms with Crippen molar-refractivity contribution in [1.82, 2.24) is 0 Å². The number of nitrogens with zero attached hydrogens (tertiary/aromatic N) is 1. The molecule has 3 aromatic carbocycles. The highest BCUT2D eigenvalue weighted by Gasteiger charge is 2.05. The van der Waals surface area contributed by atoms with Crippen molar-refractivity contribution in [2.75, 3.05) is 0 Å². The lowest BCUT2D eigenvalue weighted by molar-refractivity contribution is 0.598. The Morgan fingerprint density at radius 3 is 1.88 bits per heavy atom. The standard InChI is InChI=1S/C19H17N3O2S/c20-22-13-16-4-8-17-11-15(3-7-18(17)12-16)2-1-14-5-9-19(10-6-14)25(21,23)24/h1-13H,20H2,(H2,21,23,24)/b2-1+,22-13?. The molecule has 6 heteroatoms. The van der Waals surface area contributed by atoms with Crippen molar-refractivity contribution in [3.63, 3.8) is 0 Å². The van der Waals surface area contributed by atoms with E-state index in [1.165, 1.54) is 12.1 Å². The Bertz CT molecular complexity index is 1070. The summed E-state index contributed by atoms with van der Waals surface area (Å²) in [5, 5.41) is 10.8. The largest absolute Gasteiger partial charge is 0.323 e. The van der Waals surface area contributed by atoms with Crippen LogP contribution in [0.3, 0.4) is 0 Å². The van der Waals surface area contributed by atoms with E-state index in [-0.39, 0.29) is 4.90 Å². The lowest BCUT2D eigenvalue weighted by Crippen LogP contribution is -2.11. The number of nitrogens with two attached hydrogens (primary N) is 2. The molecule has 0 heterocycles. The van der Waals surface area contributed by atoms with Crippen molar-refractivity contribution >= 4 is 39.2 Å². The molecular weight excluding hydrogens is 334 g/mol. The van der Waals surface area contributed by atoms with E-state index < -0.39 is 10.0 Å². The molecule has 3 rings (SSSR count). The fourth-order valence-electron chi connectivity index (χ4n) is 2.51. The number of hydrazone groups is 1. The molecule has 126 valence electrons. The lowest BCUT2D eigenvalue weighted by atomic mass is 10.0. The molecular formula is C19H17N3O2S. The van der Waals surface area contributed by atoms with Gasteiger partial charge in [0.15, 0.2) is 0 Å². The maximum Gasteiger partial charge on any atom is 0.238 e. The number of fused-ring (bicyclic) bond motifs is 1. The SMILES string of the molecule is NN=Cc1ccc2cc(/C=C/c3ccc(S(N)(=O)=O)cc3)ccc2c1. The molecule has 0 saturated heterocycles. The van der Waals surface area contributed by atoms with Gasteiger partial charge in [-0.15, -0.1) is 0 Å². The Labute approximate surface area is 146 Å². The third-order valence-corrected chi connectivity index (χ3v) is 4.72. The molecule has 0 unspecified atom stereocenters. The number of hydrogen-bond donors (Lipinski definition) is 2. The molecule has 0 amide bonds.